The Hall–Kier alpha value is -1.32. The molecular weight excluding hydrogens is 328 g/mol. The predicted molar refractivity (Wildman–Crippen MR) is 94.1 cm³/mol. The quantitative estimate of drug-likeness (QED) is 0.668. The van der Waals surface area contributed by atoms with Gasteiger partial charge in [0.2, 0.25) is 0 Å². The molecule has 8 unspecified atom stereocenters. The topological polar surface area (TPSA) is 68.3 Å². The maximum Gasteiger partial charge on any atom is 0.140 e. The number of carbonyl (C=O) groups excluding carboxylic acids is 4. The van der Waals surface area contributed by atoms with Crippen LogP contribution < -0.4 is 0 Å². The van der Waals surface area contributed by atoms with Crippen LogP contribution in [0, 0.1) is 47.3 Å². The highest BCUT2D eigenvalue weighted by atomic mass is 16.2. The smallest absolute Gasteiger partial charge is 0.140 e. The second-order valence-corrected chi connectivity index (χ2v) is 9.50. The summed E-state index contributed by atoms with van der Waals surface area (Å²) in [4.78, 5) is 52.5. The average Bonchev–Trinajstić information content (AvgIpc) is 2.69. The van der Waals surface area contributed by atoms with E-state index in [4.69, 9.17) is 0 Å². The first-order valence-electron chi connectivity index (χ1n) is 10.7. The van der Waals surface area contributed by atoms with Gasteiger partial charge in [-0.3, -0.25) is 19.2 Å². The van der Waals surface area contributed by atoms with E-state index >= 15 is 0 Å². The van der Waals surface area contributed by atoms with Gasteiger partial charge in [0.25, 0.3) is 0 Å². The van der Waals surface area contributed by atoms with E-state index in [0.717, 1.165) is 51.4 Å². The molecule has 0 amide bonds. The Morgan fingerprint density at radius 1 is 0.385 bits per heavy atom. The summed E-state index contributed by atoms with van der Waals surface area (Å²) in [5.74, 6) is -0.631. The fourth-order valence-electron chi connectivity index (χ4n) is 7.19. The molecule has 5 aliphatic carbocycles. The first kappa shape index (κ1) is 16.8. The Morgan fingerprint density at radius 3 is 0.846 bits per heavy atom. The SMILES string of the molecule is O=C1C2CCCCC2C(=O)C2CC3C(=O)C4CCCCC4C(=O)C3CC12. The van der Waals surface area contributed by atoms with E-state index in [1.807, 2.05) is 0 Å². The molecule has 5 fully saturated rings. The van der Waals surface area contributed by atoms with Crippen LogP contribution in [0.4, 0.5) is 0 Å². The minimum atomic E-state index is -0.292. The van der Waals surface area contributed by atoms with Gasteiger partial charge in [-0.15, -0.1) is 0 Å². The van der Waals surface area contributed by atoms with E-state index < -0.39 is 0 Å². The summed E-state index contributed by atoms with van der Waals surface area (Å²) in [5, 5.41) is 0. The van der Waals surface area contributed by atoms with E-state index in [0.29, 0.717) is 12.8 Å². The van der Waals surface area contributed by atoms with Crippen molar-refractivity contribution < 1.29 is 19.2 Å². The second-order valence-electron chi connectivity index (χ2n) is 9.50. The van der Waals surface area contributed by atoms with Gasteiger partial charge in [-0.2, -0.15) is 0 Å². The van der Waals surface area contributed by atoms with Crippen LogP contribution in [0.1, 0.15) is 64.2 Å². The Bertz CT molecular complexity index is 566. The second kappa shape index (κ2) is 6.10. The summed E-state index contributed by atoms with van der Waals surface area (Å²) in [6.07, 6.45) is 8.42. The number of fused-ring (bicyclic) bond motifs is 4. The van der Waals surface area contributed by atoms with E-state index in [1.54, 1.807) is 0 Å². The zero-order valence-corrected chi connectivity index (χ0v) is 15.3. The van der Waals surface area contributed by atoms with Gasteiger partial charge in [0, 0.05) is 47.3 Å². The molecule has 5 rings (SSSR count). The molecule has 26 heavy (non-hydrogen) atoms. The standard InChI is InChI=1S/C22H28O4/c23-19-11-5-1-2-6-12(11)20(24)16-10-18-17(9-15(16)19)21(25)13-7-3-4-8-14(13)22(18)26/h11-18H,1-10H2. The van der Waals surface area contributed by atoms with E-state index in [1.165, 1.54) is 0 Å². The summed E-state index contributed by atoms with van der Waals surface area (Å²) < 4.78 is 0. The van der Waals surface area contributed by atoms with Gasteiger partial charge in [-0.25, -0.2) is 0 Å². The molecule has 0 heterocycles. The van der Waals surface area contributed by atoms with Crippen molar-refractivity contribution >= 4 is 23.1 Å². The van der Waals surface area contributed by atoms with Crippen molar-refractivity contribution in [3.8, 4) is 0 Å². The Labute approximate surface area is 154 Å². The Kier molecular flexibility index (Phi) is 3.95. The van der Waals surface area contributed by atoms with Crippen LogP contribution in [0.25, 0.3) is 0 Å². The van der Waals surface area contributed by atoms with Gasteiger partial charge >= 0.3 is 0 Å². The van der Waals surface area contributed by atoms with E-state index in [-0.39, 0.29) is 70.5 Å². The van der Waals surface area contributed by atoms with Crippen LogP contribution in [-0.4, -0.2) is 23.1 Å². The minimum absolute atomic E-state index is 0.106. The van der Waals surface area contributed by atoms with Gasteiger partial charge in [0.1, 0.15) is 23.1 Å². The summed E-state index contributed by atoms with van der Waals surface area (Å²) in [6, 6.07) is 0. The van der Waals surface area contributed by atoms with Gasteiger partial charge in [0.05, 0.1) is 0 Å². The molecule has 140 valence electrons. The average molecular weight is 356 g/mol. The monoisotopic (exact) mass is 356 g/mol. The molecule has 0 radical (unpaired) electrons. The van der Waals surface area contributed by atoms with Crippen molar-refractivity contribution in [2.24, 2.45) is 47.3 Å². The molecule has 5 aliphatic rings. The highest BCUT2D eigenvalue weighted by Crippen LogP contribution is 2.53. The maximum atomic E-state index is 13.1. The van der Waals surface area contributed by atoms with Crippen LogP contribution in [-0.2, 0) is 19.2 Å². The number of hydrogen-bond acceptors (Lipinski definition) is 4. The molecule has 0 spiro atoms. The van der Waals surface area contributed by atoms with Crippen molar-refractivity contribution in [3.05, 3.63) is 0 Å². The Balaban J connectivity index is 1.46. The number of rotatable bonds is 0. The number of Topliss-reactive ketones (excluding diaryl/α,β-unsaturated/α-hetero) is 4. The normalized spacial score (nSPS) is 48.3. The van der Waals surface area contributed by atoms with Gasteiger partial charge in [-0.05, 0) is 38.5 Å². The summed E-state index contributed by atoms with van der Waals surface area (Å²) in [6.45, 7) is 0. The van der Waals surface area contributed by atoms with E-state index in [2.05, 4.69) is 0 Å². The predicted octanol–water partition coefficient (Wildman–Crippen LogP) is 3.16. The minimum Gasteiger partial charge on any atom is -0.299 e. The molecule has 0 bridgehead atoms. The fraction of sp³-hybridized carbons (Fsp3) is 0.818. The maximum absolute atomic E-state index is 13.1. The third-order valence-electron chi connectivity index (χ3n) is 8.44. The summed E-state index contributed by atoms with van der Waals surface area (Å²) in [7, 11) is 0. The lowest BCUT2D eigenvalue weighted by molar-refractivity contribution is -0.162. The number of ketones is 4. The first-order chi connectivity index (χ1) is 12.6. The van der Waals surface area contributed by atoms with Gasteiger partial charge in [-0.1, -0.05) is 25.7 Å². The number of hydrogen-bond donors (Lipinski definition) is 0. The zero-order valence-electron chi connectivity index (χ0n) is 15.3. The van der Waals surface area contributed by atoms with Crippen molar-refractivity contribution in [2.75, 3.05) is 0 Å². The molecule has 8 atom stereocenters. The van der Waals surface area contributed by atoms with Crippen molar-refractivity contribution in [2.45, 2.75) is 64.2 Å². The van der Waals surface area contributed by atoms with Crippen molar-refractivity contribution in [3.63, 3.8) is 0 Å². The highest BCUT2D eigenvalue weighted by molar-refractivity contribution is 6.04. The number of carbonyl (C=O) groups is 4. The first-order valence-corrected chi connectivity index (χ1v) is 10.7. The lowest BCUT2D eigenvalue weighted by Gasteiger charge is -2.50. The van der Waals surface area contributed by atoms with Crippen LogP contribution in [0.15, 0.2) is 0 Å². The molecule has 0 aliphatic heterocycles. The fourth-order valence-corrected chi connectivity index (χ4v) is 7.19. The third kappa shape index (κ3) is 2.26. The van der Waals surface area contributed by atoms with Crippen LogP contribution in [0.3, 0.4) is 0 Å². The van der Waals surface area contributed by atoms with Crippen molar-refractivity contribution in [1.82, 2.24) is 0 Å². The lowest BCUT2D eigenvalue weighted by atomic mass is 9.50. The van der Waals surface area contributed by atoms with Crippen LogP contribution >= 0.6 is 0 Å². The van der Waals surface area contributed by atoms with E-state index in [9.17, 15) is 19.2 Å². The molecule has 4 heteroatoms. The van der Waals surface area contributed by atoms with Gasteiger partial charge < -0.3 is 0 Å². The summed E-state index contributed by atoms with van der Waals surface area (Å²) >= 11 is 0. The third-order valence-corrected chi connectivity index (χ3v) is 8.44. The Morgan fingerprint density at radius 2 is 0.615 bits per heavy atom. The largest absolute Gasteiger partial charge is 0.299 e. The molecule has 0 N–H and O–H groups in total. The molecule has 0 aromatic carbocycles. The van der Waals surface area contributed by atoms with Gasteiger partial charge in [0.15, 0.2) is 0 Å². The molecule has 0 saturated heterocycles. The highest BCUT2D eigenvalue weighted by Gasteiger charge is 2.59. The molecule has 5 saturated carbocycles. The molecule has 0 aromatic heterocycles. The van der Waals surface area contributed by atoms with Crippen molar-refractivity contribution in [1.29, 1.82) is 0 Å². The van der Waals surface area contributed by atoms with Crippen LogP contribution in [0.5, 0.6) is 0 Å². The summed E-state index contributed by atoms with van der Waals surface area (Å²) in [5.41, 5.74) is 0. The lowest BCUT2D eigenvalue weighted by Crippen LogP contribution is -2.57. The zero-order chi connectivity index (χ0) is 18.0. The molecule has 0 aromatic rings. The van der Waals surface area contributed by atoms with Crippen LogP contribution in [0.2, 0.25) is 0 Å². The molecular formula is C22H28O4. The molecule has 4 nitrogen and oxygen atoms in total.